The Morgan fingerprint density at radius 1 is 0.444 bits per heavy atom. The Balaban J connectivity index is 0.000000159. The zero-order chi connectivity index (χ0) is 50.8. The van der Waals surface area contributed by atoms with Gasteiger partial charge >= 0.3 is 17.9 Å². The predicted octanol–water partition coefficient (Wildman–Crippen LogP) is 7.88. The molecule has 0 unspecified atom stereocenters. The normalized spacial score (nSPS) is 15.3. The van der Waals surface area contributed by atoms with Crippen LogP contribution in [0.1, 0.15) is 48.0 Å². The molecule has 16 nitrogen and oxygen atoms in total. The molecule has 72 heavy (non-hydrogen) atoms. The Morgan fingerprint density at radius 3 is 1.19 bits per heavy atom. The first-order chi connectivity index (χ1) is 34.9. The van der Waals surface area contributed by atoms with E-state index in [9.17, 15) is 29.7 Å². The molecule has 1 aromatic heterocycles. The minimum Gasteiger partial charge on any atom is -0.478 e. The first-order valence-electron chi connectivity index (χ1n) is 24.6. The standard InChI is InChI=1S/C20H25N3O2.C19H23N3O2.C17H21N3O3/c1-22-11-13-23(14-12-22)17-7-8-18(20(24)25)19(15-17)21-10-9-16-5-3-2-4-6-16;1-21-9-11-22(12-10-21)16-7-8-17(19(23)24)18(13-16)20-14-15-5-3-2-4-6-15;1-19-6-8-20(9-7-19)13-4-5-15(17(21)22)16(11-13)18-12-14-3-2-10-23-14/h2-8,15,21H,9-14H2,1H3,(H,24,25);2-8,13,20H,9-12,14H2,1H3,(H,23,24);2-5,10-11,18H,6-9,12H2,1H3,(H,21,22). The lowest BCUT2D eigenvalue weighted by atomic mass is 10.1. The van der Waals surface area contributed by atoms with Crippen molar-refractivity contribution < 1.29 is 34.1 Å². The number of likely N-dealkylation sites (N-methyl/N-ethyl adjacent to an activating group) is 3. The lowest BCUT2D eigenvalue weighted by Crippen LogP contribution is -2.44. The second kappa shape index (κ2) is 26.1. The molecule has 6 N–H and O–H groups in total. The van der Waals surface area contributed by atoms with Crippen LogP contribution in [0.3, 0.4) is 0 Å². The molecule has 3 aliphatic heterocycles. The molecule has 3 fully saturated rings. The number of hydrogen-bond donors (Lipinski definition) is 6. The molecule has 9 rings (SSSR count). The van der Waals surface area contributed by atoms with Crippen molar-refractivity contribution in [2.24, 2.45) is 0 Å². The highest BCUT2D eigenvalue weighted by Crippen LogP contribution is 2.28. The minimum absolute atomic E-state index is 0.273. The van der Waals surface area contributed by atoms with Crippen molar-refractivity contribution in [2.75, 3.05) is 137 Å². The lowest BCUT2D eigenvalue weighted by Gasteiger charge is -2.34. The summed E-state index contributed by atoms with van der Waals surface area (Å²) >= 11 is 0. The summed E-state index contributed by atoms with van der Waals surface area (Å²) in [6, 6.07) is 40.5. The maximum Gasteiger partial charge on any atom is 0.337 e. The Morgan fingerprint density at radius 2 is 0.819 bits per heavy atom. The first-order valence-corrected chi connectivity index (χ1v) is 24.6. The van der Waals surface area contributed by atoms with Gasteiger partial charge in [0, 0.05) is 109 Å². The Kier molecular flexibility index (Phi) is 18.9. The fourth-order valence-corrected chi connectivity index (χ4v) is 8.75. The zero-order valence-corrected chi connectivity index (χ0v) is 41.7. The summed E-state index contributed by atoms with van der Waals surface area (Å²) in [5, 5.41) is 38.0. The monoisotopic (exact) mass is 980 g/mol. The molecule has 0 amide bonds. The summed E-state index contributed by atoms with van der Waals surface area (Å²) in [5.74, 6) is -1.97. The van der Waals surface area contributed by atoms with Crippen LogP contribution in [-0.4, -0.2) is 154 Å². The number of carbonyl (C=O) groups is 3. The van der Waals surface area contributed by atoms with Gasteiger partial charge in [-0.3, -0.25) is 0 Å². The average Bonchev–Trinajstić information content (AvgIpc) is 3.93. The summed E-state index contributed by atoms with van der Waals surface area (Å²) in [7, 11) is 6.36. The number of benzene rings is 5. The van der Waals surface area contributed by atoms with E-state index in [0.717, 1.165) is 113 Å². The Hall–Kier alpha value is -7.53. The van der Waals surface area contributed by atoms with Crippen LogP contribution < -0.4 is 30.7 Å². The number of anilines is 6. The van der Waals surface area contributed by atoms with Gasteiger partial charge in [-0.05, 0) is 105 Å². The topological polar surface area (TPSA) is 181 Å². The van der Waals surface area contributed by atoms with Crippen LogP contribution in [0.4, 0.5) is 34.1 Å². The summed E-state index contributed by atoms with van der Waals surface area (Å²) in [5.41, 5.74) is 8.45. The number of nitrogens with zero attached hydrogens (tertiary/aromatic N) is 6. The maximum atomic E-state index is 11.5. The van der Waals surface area contributed by atoms with E-state index in [4.69, 9.17) is 4.42 Å². The van der Waals surface area contributed by atoms with Gasteiger partial charge < -0.3 is 65.1 Å². The van der Waals surface area contributed by atoms with Crippen LogP contribution in [0.2, 0.25) is 0 Å². The molecular formula is C56H69N9O7. The van der Waals surface area contributed by atoms with Crippen LogP contribution in [-0.2, 0) is 19.5 Å². The van der Waals surface area contributed by atoms with Crippen molar-refractivity contribution in [1.82, 2.24) is 14.7 Å². The summed E-state index contributed by atoms with van der Waals surface area (Å²) in [6.45, 7) is 13.6. The first kappa shape index (κ1) is 52.3. The van der Waals surface area contributed by atoms with E-state index in [1.54, 1.807) is 24.5 Å². The number of furan rings is 1. The predicted molar refractivity (Wildman–Crippen MR) is 288 cm³/mol. The number of piperazine rings is 3. The number of carboxylic acid groups (broad SMARTS) is 3. The van der Waals surface area contributed by atoms with Gasteiger partial charge in [0.05, 0.1) is 46.6 Å². The van der Waals surface area contributed by atoms with Crippen LogP contribution in [0.15, 0.2) is 138 Å². The van der Waals surface area contributed by atoms with Crippen LogP contribution in [0, 0.1) is 0 Å². The fraction of sp³-hybridized carbons (Fsp3) is 0.339. The molecule has 0 aliphatic carbocycles. The Labute approximate surface area is 423 Å². The molecular weight excluding hydrogens is 911 g/mol. The van der Waals surface area contributed by atoms with Gasteiger partial charge in [0.2, 0.25) is 0 Å². The van der Waals surface area contributed by atoms with Crippen molar-refractivity contribution in [1.29, 1.82) is 0 Å². The SMILES string of the molecule is CN1CCN(c2ccc(C(=O)O)c(NCCc3ccccc3)c2)CC1.CN1CCN(c2ccc(C(=O)O)c(NCc3ccccc3)c2)CC1.CN1CCN(c2ccc(C(=O)O)c(NCc3ccco3)c2)CC1. The fourth-order valence-electron chi connectivity index (χ4n) is 8.75. The highest BCUT2D eigenvalue weighted by molar-refractivity contribution is 5.96. The molecule has 0 saturated carbocycles. The molecule has 16 heteroatoms. The minimum atomic E-state index is -0.933. The van der Waals surface area contributed by atoms with Crippen molar-refractivity contribution in [2.45, 2.75) is 19.5 Å². The molecule has 0 bridgehead atoms. The molecule has 0 atom stereocenters. The number of nitrogens with one attached hydrogen (secondary N) is 3. The molecule has 5 aromatic carbocycles. The molecule has 3 aliphatic rings. The Bertz CT molecular complexity index is 2650. The van der Waals surface area contributed by atoms with Gasteiger partial charge in [-0.15, -0.1) is 0 Å². The quantitative estimate of drug-likeness (QED) is 0.0551. The van der Waals surface area contributed by atoms with Crippen LogP contribution in [0.25, 0.3) is 0 Å². The largest absolute Gasteiger partial charge is 0.478 e. The van der Waals surface area contributed by atoms with Gasteiger partial charge in [0.25, 0.3) is 0 Å². The molecule has 6 aromatic rings. The van der Waals surface area contributed by atoms with Gasteiger partial charge in [0.1, 0.15) is 5.76 Å². The smallest absolute Gasteiger partial charge is 0.337 e. The summed E-state index contributed by atoms with van der Waals surface area (Å²) < 4.78 is 5.29. The number of hydrogen-bond acceptors (Lipinski definition) is 13. The lowest BCUT2D eigenvalue weighted by molar-refractivity contribution is 0.0687. The summed E-state index contributed by atoms with van der Waals surface area (Å²) in [4.78, 5) is 48.3. The highest BCUT2D eigenvalue weighted by Gasteiger charge is 2.21. The van der Waals surface area contributed by atoms with Gasteiger partial charge in [-0.2, -0.15) is 0 Å². The van der Waals surface area contributed by atoms with E-state index in [2.05, 4.69) is 78.6 Å². The molecule has 0 spiro atoms. The number of aromatic carboxylic acids is 3. The van der Waals surface area contributed by atoms with Crippen molar-refractivity contribution in [3.05, 3.63) is 167 Å². The van der Waals surface area contributed by atoms with Crippen LogP contribution >= 0.6 is 0 Å². The number of rotatable bonds is 16. The maximum absolute atomic E-state index is 11.5. The van der Waals surface area contributed by atoms with Crippen molar-refractivity contribution >= 4 is 52.0 Å². The second-order valence-electron chi connectivity index (χ2n) is 18.4. The van der Waals surface area contributed by atoms with E-state index < -0.39 is 17.9 Å². The third-order valence-electron chi connectivity index (χ3n) is 13.2. The zero-order valence-electron chi connectivity index (χ0n) is 41.7. The van der Waals surface area contributed by atoms with Gasteiger partial charge in [-0.1, -0.05) is 60.7 Å². The second-order valence-corrected chi connectivity index (χ2v) is 18.4. The van der Waals surface area contributed by atoms with Gasteiger partial charge in [0.15, 0.2) is 0 Å². The van der Waals surface area contributed by atoms with E-state index in [1.165, 1.54) is 5.56 Å². The van der Waals surface area contributed by atoms with Crippen molar-refractivity contribution in [3.8, 4) is 0 Å². The highest BCUT2D eigenvalue weighted by atomic mass is 16.4. The van der Waals surface area contributed by atoms with Crippen LogP contribution in [0.5, 0.6) is 0 Å². The van der Waals surface area contributed by atoms with Crippen molar-refractivity contribution in [3.63, 3.8) is 0 Å². The summed E-state index contributed by atoms with van der Waals surface area (Å²) in [6.07, 6.45) is 2.47. The van der Waals surface area contributed by atoms with E-state index in [0.29, 0.717) is 47.8 Å². The van der Waals surface area contributed by atoms with E-state index >= 15 is 0 Å². The van der Waals surface area contributed by atoms with E-state index in [-0.39, 0.29) is 5.56 Å². The third kappa shape index (κ3) is 15.2. The molecule has 3 saturated heterocycles. The van der Waals surface area contributed by atoms with Gasteiger partial charge in [-0.25, -0.2) is 14.4 Å². The third-order valence-corrected chi connectivity index (χ3v) is 13.2. The van der Waals surface area contributed by atoms with E-state index in [1.807, 2.05) is 97.1 Å². The molecule has 380 valence electrons. The molecule has 0 radical (unpaired) electrons. The number of carboxylic acids is 3. The average molecular weight is 980 g/mol. The molecule has 4 heterocycles.